The van der Waals surface area contributed by atoms with Crippen LogP contribution in [0.5, 0.6) is 0 Å². The molecule has 1 unspecified atom stereocenters. The van der Waals surface area contributed by atoms with Crippen LogP contribution in [0.4, 0.5) is 10.5 Å². The number of fused-ring (bicyclic) bond motifs is 2. The van der Waals surface area contributed by atoms with Gasteiger partial charge in [-0.2, -0.15) is 0 Å². The number of ether oxygens (including phenoxy) is 1. The Morgan fingerprint density at radius 3 is 2.85 bits per heavy atom. The highest BCUT2D eigenvalue weighted by molar-refractivity contribution is 5.70. The van der Waals surface area contributed by atoms with Crippen molar-refractivity contribution in [3.05, 3.63) is 29.8 Å². The Bertz CT molecular complexity index is 536. The number of amides is 1. The number of hydrogen-bond acceptors (Lipinski definition) is 3. The van der Waals surface area contributed by atoms with Crippen LogP contribution in [0.2, 0.25) is 0 Å². The summed E-state index contributed by atoms with van der Waals surface area (Å²) in [5.41, 5.74) is 2.18. The number of anilines is 1. The summed E-state index contributed by atoms with van der Waals surface area (Å²) in [5, 5.41) is 3.46. The van der Waals surface area contributed by atoms with Crippen molar-refractivity contribution in [2.45, 2.75) is 38.2 Å². The van der Waals surface area contributed by atoms with Gasteiger partial charge in [-0.05, 0) is 38.8 Å². The second-order valence-electron chi connectivity index (χ2n) is 6.83. The van der Waals surface area contributed by atoms with Crippen LogP contribution in [0, 0.1) is 0 Å². The van der Waals surface area contributed by atoms with Crippen LogP contribution in [0.3, 0.4) is 0 Å². The van der Waals surface area contributed by atoms with E-state index in [1.54, 1.807) is 0 Å². The Morgan fingerprint density at radius 1 is 1.35 bits per heavy atom. The number of hydrogen-bond donors (Lipinski definition) is 1. The van der Waals surface area contributed by atoms with E-state index in [4.69, 9.17) is 4.74 Å². The van der Waals surface area contributed by atoms with Crippen molar-refractivity contribution in [3.8, 4) is 0 Å². The summed E-state index contributed by atoms with van der Waals surface area (Å²) in [7, 11) is 0. The van der Waals surface area contributed by atoms with E-state index >= 15 is 0 Å². The molecule has 0 bridgehead atoms. The van der Waals surface area contributed by atoms with Crippen molar-refractivity contribution < 1.29 is 9.53 Å². The first-order valence-electron chi connectivity index (χ1n) is 7.21. The average Bonchev–Trinajstić information content (AvgIpc) is 2.95. The summed E-state index contributed by atoms with van der Waals surface area (Å²) in [6, 6.07) is 8.41. The van der Waals surface area contributed by atoms with E-state index in [2.05, 4.69) is 23.5 Å². The van der Waals surface area contributed by atoms with Gasteiger partial charge in [0.25, 0.3) is 0 Å². The van der Waals surface area contributed by atoms with Gasteiger partial charge in [-0.25, -0.2) is 4.79 Å². The van der Waals surface area contributed by atoms with Gasteiger partial charge in [0.1, 0.15) is 5.60 Å². The van der Waals surface area contributed by atoms with Crippen LogP contribution in [-0.4, -0.2) is 36.2 Å². The molecule has 0 saturated carbocycles. The van der Waals surface area contributed by atoms with Crippen molar-refractivity contribution in [3.63, 3.8) is 0 Å². The summed E-state index contributed by atoms with van der Waals surface area (Å²) in [6.07, 6.45) is 0.801. The number of likely N-dealkylation sites (tertiary alicyclic amines) is 1. The lowest BCUT2D eigenvalue weighted by Gasteiger charge is -2.27. The summed E-state index contributed by atoms with van der Waals surface area (Å²) >= 11 is 0. The van der Waals surface area contributed by atoms with E-state index in [1.807, 2.05) is 31.7 Å². The molecule has 1 amide bonds. The van der Waals surface area contributed by atoms with Crippen molar-refractivity contribution in [2.75, 3.05) is 25.0 Å². The molecule has 1 saturated heterocycles. The van der Waals surface area contributed by atoms with E-state index in [0.717, 1.165) is 26.1 Å². The van der Waals surface area contributed by atoms with Crippen LogP contribution >= 0.6 is 0 Å². The lowest BCUT2D eigenvalue weighted by molar-refractivity contribution is 0.0285. The number of para-hydroxylation sites is 1. The van der Waals surface area contributed by atoms with Crippen LogP contribution in [-0.2, 0) is 10.2 Å². The molecular formula is C16H22N2O2. The zero-order valence-electron chi connectivity index (χ0n) is 12.4. The lowest BCUT2D eigenvalue weighted by Crippen LogP contribution is -2.38. The predicted molar refractivity (Wildman–Crippen MR) is 79.0 cm³/mol. The number of nitrogens with one attached hydrogen (secondary N) is 1. The van der Waals surface area contributed by atoms with Crippen LogP contribution in [0.1, 0.15) is 32.8 Å². The molecule has 0 radical (unpaired) electrons. The van der Waals surface area contributed by atoms with Gasteiger partial charge in [-0.3, -0.25) is 0 Å². The third kappa shape index (κ3) is 2.23. The maximum absolute atomic E-state index is 12.2. The third-order valence-corrected chi connectivity index (χ3v) is 4.12. The van der Waals surface area contributed by atoms with Gasteiger partial charge in [0.15, 0.2) is 0 Å². The molecule has 1 aromatic carbocycles. The molecule has 1 fully saturated rings. The first-order chi connectivity index (χ1) is 9.40. The Hall–Kier alpha value is -1.71. The number of rotatable bonds is 0. The highest BCUT2D eigenvalue weighted by atomic mass is 16.6. The molecule has 0 aromatic heterocycles. The minimum atomic E-state index is -0.432. The SMILES string of the molecule is CC(C)(C)OC(=O)N1CCC2(CNc3ccccc32)C1. The molecule has 20 heavy (non-hydrogen) atoms. The topological polar surface area (TPSA) is 41.6 Å². The number of carbonyl (C=O) groups is 1. The van der Waals surface area contributed by atoms with Crippen LogP contribution < -0.4 is 5.32 Å². The fourth-order valence-corrected chi connectivity index (χ4v) is 3.18. The van der Waals surface area contributed by atoms with Crippen molar-refractivity contribution in [1.82, 2.24) is 4.90 Å². The normalized spacial score (nSPS) is 24.6. The van der Waals surface area contributed by atoms with Gasteiger partial charge >= 0.3 is 6.09 Å². The third-order valence-electron chi connectivity index (χ3n) is 4.12. The molecule has 1 spiro atoms. The zero-order valence-corrected chi connectivity index (χ0v) is 12.4. The number of carbonyl (C=O) groups excluding carboxylic acids is 1. The van der Waals surface area contributed by atoms with Gasteiger partial charge in [0, 0.05) is 30.7 Å². The van der Waals surface area contributed by atoms with Crippen molar-refractivity contribution in [1.29, 1.82) is 0 Å². The summed E-state index contributed by atoms with van der Waals surface area (Å²) in [5.74, 6) is 0. The summed E-state index contributed by atoms with van der Waals surface area (Å²) in [6.45, 7) is 8.14. The molecule has 4 nitrogen and oxygen atoms in total. The van der Waals surface area contributed by atoms with Gasteiger partial charge in [-0.15, -0.1) is 0 Å². The van der Waals surface area contributed by atoms with Crippen molar-refractivity contribution in [2.24, 2.45) is 0 Å². The fraction of sp³-hybridized carbons (Fsp3) is 0.562. The van der Waals surface area contributed by atoms with Gasteiger partial charge in [0.2, 0.25) is 0 Å². The van der Waals surface area contributed by atoms with E-state index in [0.29, 0.717) is 0 Å². The van der Waals surface area contributed by atoms with Crippen LogP contribution in [0.25, 0.3) is 0 Å². The van der Waals surface area contributed by atoms with Gasteiger partial charge in [0.05, 0.1) is 0 Å². The Kier molecular flexibility index (Phi) is 2.92. The van der Waals surface area contributed by atoms with Crippen LogP contribution in [0.15, 0.2) is 24.3 Å². The summed E-state index contributed by atoms with van der Waals surface area (Å²) in [4.78, 5) is 14.0. The second kappa shape index (κ2) is 4.40. The smallest absolute Gasteiger partial charge is 0.410 e. The highest BCUT2D eigenvalue weighted by Gasteiger charge is 2.46. The Morgan fingerprint density at radius 2 is 2.10 bits per heavy atom. The zero-order chi connectivity index (χ0) is 14.4. The molecule has 2 aliphatic heterocycles. The van der Waals surface area contributed by atoms with E-state index in [1.165, 1.54) is 11.3 Å². The number of nitrogens with zero attached hydrogens (tertiary/aromatic N) is 1. The number of benzene rings is 1. The Labute approximate surface area is 120 Å². The maximum atomic E-state index is 12.2. The Balaban J connectivity index is 1.76. The monoisotopic (exact) mass is 274 g/mol. The molecule has 1 aromatic rings. The molecular weight excluding hydrogens is 252 g/mol. The van der Waals surface area contributed by atoms with E-state index in [9.17, 15) is 4.79 Å². The molecule has 2 aliphatic rings. The summed E-state index contributed by atoms with van der Waals surface area (Å²) < 4.78 is 5.48. The molecule has 0 aliphatic carbocycles. The maximum Gasteiger partial charge on any atom is 0.410 e. The van der Waals surface area contributed by atoms with Gasteiger partial charge < -0.3 is 15.0 Å². The fourth-order valence-electron chi connectivity index (χ4n) is 3.18. The minimum absolute atomic E-state index is 0.0630. The largest absolute Gasteiger partial charge is 0.444 e. The molecule has 2 heterocycles. The average molecular weight is 274 g/mol. The first-order valence-corrected chi connectivity index (χ1v) is 7.21. The predicted octanol–water partition coefficient (Wildman–Crippen LogP) is 2.99. The van der Waals surface area contributed by atoms with Gasteiger partial charge in [-0.1, -0.05) is 18.2 Å². The highest BCUT2D eigenvalue weighted by Crippen LogP contribution is 2.43. The lowest BCUT2D eigenvalue weighted by atomic mass is 9.82. The quantitative estimate of drug-likeness (QED) is 0.790. The van der Waals surface area contributed by atoms with Crippen molar-refractivity contribution >= 4 is 11.8 Å². The van der Waals surface area contributed by atoms with E-state index < -0.39 is 5.60 Å². The molecule has 3 rings (SSSR count). The van der Waals surface area contributed by atoms with E-state index in [-0.39, 0.29) is 11.5 Å². The molecule has 1 N–H and O–H groups in total. The molecule has 108 valence electrons. The first kappa shape index (κ1) is 13.3. The molecule has 4 heteroatoms. The molecule has 1 atom stereocenters. The second-order valence-corrected chi connectivity index (χ2v) is 6.83. The standard InChI is InChI=1S/C16H22N2O2/c1-15(2,3)20-14(19)18-9-8-16(11-18)10-17-13-7-5-4-6-12(13)16/h4-7,17H,8-11H2,1-3H3. The minimum Gasteiger partial charge on any atom is -0.444 e.